The number of aliphatic imine (C=N–C) groups is 1. The average Bonchev–Trinajstić information content (AvgIpc) is 2.54. The van der Waals surface area contributed by atoms with Gasteiger partial charge in [0, 0.05) is 4.47 Å². The summed E-state index contributed by atoms with van der Waals surface area (Å²) in [6.45, 7) is 2.17. The second-order valence-electron chi connectivity index (χ2n) is 5.19. The normalized spacial score (nSPS) is 12.1. The number of halogens is 4. The minimum atomic E-state index is -4.72. The van der Waals surface area contributed by atoms with E-state index in [1.807, 2.05) is 25.1 Å². The molecule has 0 aliphatic carbocycles. The molecule has 25 heavy (non-hydrogen) atoms. The first-order valence-electron chi connectivity index (χ1n) is 7.47. The van der Waals surface area contributed by atoms with E-state index in [2.05, 4.69) is 31.0 Å². The molecule has 0 aliphatic heterocycles. The number of nitrogens with one attached hydrogen (secondary N) is 1. The molecule has 0 heterocycles. The maximum absolute atomic E-state index is 12.2. The molecule has 0 amide bonds. The van der Waals surface area contributed by atoms with Gasteiger partial charge in [-0.1, -0.05) is 25.1 Å². The number of nitrogens with zero attached hydrogens (tertiary/aromatic N) is 1. The Bertz CT molecular complexity index is 763. The van der Waals surface area contributed by atoms with Gasteiger partial charge in [0.25, 0.3) is 0 Å². The van der Waals surface area contributed by atoms with Crippen LogP contribution in [0.25, 0.3) is 0 Å². The Hall–Kier alpha value is -2.22. The van der Waals surface area contributed by atoms with Gasteiger partial charge < -0.3 is 15.8 Å². The Morgan fingerprint density at radius 2 is 1.96 bits per heavy atom. The van der Waals surface area contributed by atoms with Gasteiger partial charge >= 0.3 is 6.36 Å². The standard InChI is InChI=1S/C17H17BrF3N3O/c1-2-11-6-7-14(18)15(9-11)24-16(22)23-10-12-4-3-5-13(8-12)25-17(19,20)21/h3-9H,2,10H2,1H3,(H3,22,23,24). The van der Waals surface area contributed by atoms with Crippen molar-refractivity contribution in [2.24, 2.45) is 10.7 Å². The molecule has 0 unspecified atom stereocenters. The quantitative estimate of drug-likeness (QED) is 0.542. The lowest BCUT2D eigenvalue weighted by atomic mass is 10.1. The van der Waals surface area contributed by atoms with Gasteiger partial charge in [-0.05, 0) is 57.7 Å². The molecule has 2 aromatic rings. The first-order valence-corrected chi connectivity index (χ1v) is 8.26. The maximum Gasteiger partial charge on any atom is 0.573 e. The first kappa shape index (κ1) is 19.1. The molecular weight excluding hydrogens is 399 g/mol. The van der Waals surface area contributed by atoms with E-state index in [-0.39, 0.29) is 18.3 Å². The SMILES string of the molecule is CCc1ccc(Br)c(NC(N)=NCc2cccc(OC(F)(F)F)c2)c1. The topological polar surface area (TPSA) is 59.6 Å². The summed E-state index contributed by atoms with van der Waals surface area (Å²) >= 11 is 3.43. The van der Waals surface area contributed by atoms with Crippen molar-refractivity contribution in [2.45, 2.75) is 26.3 Å². The Morgan fingerprint density at radius 1 is 1.20 bits per heavy atom. The van der Waals surface area contributed by atoms with Crippen LogP contribution in [0.2, 0.25) is 0 Å². The zero-order chi connectivity index (χ0) is 18.4. The number of hydrogen-bond acceptors (Lipinski definition) is 2. The van der Waals surface area contributed by atoms with Gasteiger partial charge in [-0.2, -0.15) is 0 Å². The van der Waals surface area contributed by atoms with Crippen LogP contribution in [-0.2, 0) is 13.0 Å². The summed E-state index contributed by atoms with van der Waals surface area (Å²) in [6, 6.07) is 11.5. The summed E-state index contributed by atoms with van der Waals surface area (Å²) in [5.41, 5.74) is 8.32. The molecule has 0 saturated heterocycles. The molecule has 0 aliphatic rings. The minimum Gasteiger partial charge on any atom is -0.406 e. The van der Waals surface area contributed by atoms with E-state index in [9.17, 15) is 13.2 Å². The highest BCUT2D eigenvalue weighted by Gasteiger charge is 2.31. The Labute approximate surface area is 152 Å². The molecule has 3 N–H and O–H groups in total. The average molecular weight is 416 g/mol. The summed E-state index contributed by atoms with van der Waals surface area (Å²) in [5, 5.41) is 2.98. The summed E-state index contributed by atoms with van der Waals surface area (Å²) in [4.78, 5) is 4.15. The zero-order valence-corrected chi connectivity index (χ0v) is 15.0. The van der Waals surface area contributed by atoms with Crippen LogP contribution in [0, 0.1) is 0 Å². The van der Waals surface area contributed by atoms with Gasteiger partial charge in [0.05, 0.1) is 12.2 Å². The number of alkyl halides is 3. The molecule has 0 aromatic heterocycles. The molecule has 0 fully saturated rings. The van der Waals surface area contributed by atoms with Crippen molar-refractivity contribution in [3.05, 3.63) is 58.1 Å². The van der Waals surface area contributed by atoms with Crippen molar-refractivity contribution >= 4 is 27.6 Å². The lowest BCUT2D eigenvalue weighted by molar-refractivity contribution is -0.274. The first-order chi connectivity index (χ1) is 11.8. The lowest BCUT2D eigenvalue weighted by Gasteiger charge is -2.11. The molecule has 0 atom stereocenters. The Kier molecular flexibility index (Phi) is 6.30. The number of hydrogen-bond donors (Lipinski definition) is 2. The van der Waals surface area contributed by atoms with Gasteiger partial charge in [-0.25, -0.2) is 4.99 Å². The third kappa shape index (κ3) is 6.30. The predicted octanol–water partition coefficient (Wildman–Crippen LogP) is 4.84. The van der Waals surface area contributed by atoms with Crippen LogP contribution in [0.1, 0.15) is 18.1 Å². The number of benzene rings is 2. The third-order valence-corrected chi connectivity index (χ3v) is 3.96. The third-order valence-electron chi connectivity index (χ3n) is 3.27. The highest BCUT2D eigenvalue weighted by atomic mass is 79.9. The Morgan fingerprint density at radius 3 is 2.64 bits per heavy atom. The van der Waals surface area contributed by atoms with Crippen molar-refractivity contribution in [3.63, 3.8) is 0 Å². The number of guanidine groups is 1. The van der Waals surface area contributed by atoms with Gasteiger partial charge in [-0.3, -0.25) is 0 Å². The summed E-state index contributed by atoms with van der Waals surface area (Å²) in [5.74, 6) is -0.124. The van der Waals surface area contributed by atoms with Crippen molar-refractivity contribution in [2.75, 3.05) is 5.32 Å². The largest absolute Gasteiger partial charge is 0.573 e. The minimum absolute atomic E-state index is 0.124. The van der Waals surface area contributed by atoms with Crippen LogP contribution in [0.5, 0.6) is 5.75 Å². The molecule has 0 spiro atoms. The van der Waals surface area contributed by atoms with Gasteiger partial charge in [0.1, 0.15) is 5.75 Å². The number of anilines is 1. The Balaban J connectivity index is 2.05. The molecule has 8 heteroatoms. The van der Waals surface area contributed by atoms with Crippen molar-refractivity contribution in [1.82, 2.24) is 0 Å². The van der Waals surface area contributed by atoms with Crippen molar-refractivity contribution in [3.8, 4) is 5.75 Å². The number of rotatable bonds is 5. The van der Waals surface area contributed by atoms with Gasteiger partial charge in [0.15, 0.2) is 5.96 Å². The molecule has 134 valence electrons. The van der Waals surface area contributed by atoms with Gasteiger partial charge in [0.2, 0.25) is 0 Å². The predicted molar refractivity (Wildman–Crippen MR) is 95.6 cm³/mol. The second-order valence-corrected chi connectivity index (χ2v) is 6.04. The summed E-state index contributed by atoms with van der Waals surface area (Å²) in [6.07, 6.45) is -3.84. The van der Waals surface area contributed by atoms with E-state index in [0.29, 0.717) is 5.56 Å². The zero-order valence-electron chi connectivity index (χ0n) is 13.4. The fourth-order valence-corrected chi connectivity index (χ4v) is 2.43. The fourth-order valence-electron chi connectivity index (χ4n) is 2.08. The van der Waals surface area contributed by atoms with Gasteiger partial charge in [-0.15, -0.1) is 13.2 Å². The second kappa shape index (κ2) is 8.24. The maximum atomic E-state index is 12.2. The van der Waals surface area contributed by atoms with E-state index in [4.69, 9.17) is 5.73 Å². The summed E-state index contributed by atoms with van der Waals surface area (Å²) in [7, 11) is 0. The van der Waals surface area contributed by atoms with Crippen LogP contribution >= 0.6 is 15.9 Å². The molecule has 0 bridgehead atoms. The van der Waals surface area contributed by atoms with Crippen molar-refractivity contribution < 1.29 is 17.9 Å². The summed E-state index contributed by atoms with van der Waals surface area (Å²) < 4.78 is 41.5. The van der Waals surface area contributed by atoms with E-state index >= 15 is 0 Å². The van der Waals surface area contributed by atoms with E-state index < -0.39 is 6.36 Å². The van der Waals surface area contributed by atoms with E-state index in [1.54, 1.807) is 6.07 Å². The molecular formula is C17H17BrF3N3O. The van der Waals surface area contributed by atoms with Crippen LogP contribution < -0.4 is 15.8 Å². The van der Waals surface area contributed by atoms with Crippen LogP contribution in [0.15, 0.2) is 51.9 Å². The lowest BCUT2D eigenvalue weighted by Crippen LogP contribution is -2.23. The molecule has 2 rings (SSSR count). The smallest absolute Gasteiger partial charge is 0.406 e. The number of ether oxygens (including phenoxy) is 1. The van der Waals surface area contributed by atoms with E-state index in [1.165, 1.54) is 18.2 Å². The van der Waals surface area contributed by atoms with Crippen LogP contribution in [0.4, 0.5) is 18.9 Å². The van der Waals surface area contributed by atoms with E-state index in [0.717, 1.165) is 22.1 Å². The molecule has 0 saturated carbocycles. The number of aryl methyl sites for hydroxylation is 1. The molecule has 4 nitrogen and oxygen atoms in total. The highest BCUT2D eigenvalue weighted by Crippen LogP contribution is 2.25. The highest BCUT2D eigenvalue weighted by molar-refractivity contribution is 9.10. The number of nitrogens with two attached hydrogens (primary N) is 1. The molecule has 0 radical (unpaired) electrons. The van der Waals surface area contributed by atoms with Crippen LogP contribution in [-0.4, -0.2) is 12.3 Å². The van der Waals surface area contributed by atoms with Crippen LogP contribution in [0.3, 0.4) is 0 Å². The molecule has 2 aromatic carbocycles. The fraction of sp³-hybridized carbons (Fsp3) is 0.235. The van der Waals surface area contributed by atoms with Crippen molar-refractivity contribution in [1.29, 1.82) is 0 Å². The monoisotopic (exact) mass is 415 g/mol.